The van der Waals surface area contributed by atoms with Crippen molar-refractivity contribution in [2.45, 2.75) is 32.6 Å². The number of benzene rings is 1. The van der Waals surface area contributed by atoms with Crippen molar-refractivity contribution >= 4 is 27.5 Å². The van der Waals surface area contributed by atoms with E-state index < -0.39 is 11.5 Å². The van der Waals surface area contributed by atoms with Crippen LogP contribution in [-0.4, -0.2) is 16.0 Å². The highest BCUT2D eigenvalue weighted by atomic mass is 79.9. The number of carbonyl (C=O) groups excluding carboxylic acids is 1. The molecule has 1 heterocycles. The van der Waals surface area contributed by atoms with E-state index in [9.17, 15) is 14.7 Å². The van der Waals surface area contributed by atoms with Crippen molar-refractivity contribution in [3.05, 3.63) is 55.4 Å². The summed E-state index contributed by atoms with van der Waals surface area (Å²) in [6.45, 7) is 1.94. The van der Waals surface area contributed by atoms with Gasteiger partial charge in [0.1, 0.15) is 11.3 Å². The molecule has 1 aromatic carbocycles. The maximum absolute atomic E-state index is 12.5. The quantitative estimate of drug-likeness (QED) is 0.751. The molecule has 1 aromatic heterocycles. The lowest BCUT2D eigenvalue weighted by Gasteiger charge is -2.18. The first-order valence-electron chi connectivity index (χ1n) is 7.52. The number of aromatic nitrogens is 1. The summed E-state index contributed by atoms with van der Waals surface area (Å²) in [5, 5.41) is 13.1. The molecule has 0 atom stereocenters. The Kier molecular flexibility index (Phi) is 4.26. The van der Waals surface area contributed by atoms with Crippen LogP contribution in [0, 0.1) is 6.92 Å². The van der Waals surface area contributed by atoms with Crippen molar-refractivity contribution < 1.29 is 9.90 Å². The van der Waals surface area contributed by atoms with Crippen LogP contribution in [-0.2, 0) is 12.8 Å². The van der Waals surface area contributed by atoms with E-state index >= 15 is 0 Å². The standard InChI is InChI=1S/C17H17BrN2O3/c1-9-6-7-13(11(18)8-9)20-17(23)14-15(21)10-4-2-3-5-12(10)19-16(14)22/h6-8H,2-5H2,1H3,(H,20,23)(H2,19,21,22). The van der Waals surface area contributed by atoms with Gasteiger partial charge in [-0.15, -0.1) is 0 Å². The molecule has 2 aromatic rings. The Bertz CT molecular complexity index is 842. The van der Waals surface area contributed by atoms with E-state index in [-0.39, 0.29) is 11.3 Å². The molecule has 6 heteroatoms. The molecule has 0 radical (unpaired) electrons. The van der Waals surface area contributed by atoms with Gasteiger partial charge < -0.3 is 15.4 Å². The van der Waals surface area contributed by atoms with Gasteiger partial charge in [0.15, 0.2) is 0 Å². The largest absolute Gasteiger partial charge is 0.507 e. The number of rotatable bonds is 2. The Balaban J connectivity index is 1.98. The normalized spacial score (nSPS) is 13.5. The van der Waals surface area contributed by atoms with Crippen molar-refractivity contribution in [1.82, 2.24) is 4.98 Å². The van der Waals surface area contributed by atoms with Crippen molar-refractivity contribution in [3.8, 4) is 5.75 Å². The maximum atomic E-state index is 12.5. The molecule has 0 saturated carbocycles. The predicted molar refractivity (Wildman–Crippen MR) is 92.2 cm³/mol. The molecule has 0 saturated heterocycles. The number of aromatic amines is 1. The lowest BCUT2D eigenvalue weighted by molar-refractivity contribution is 0.102. The zero-order chi connectivity index (χ0) is 16.6. The highest BCUT2D eigenvalue weighted by Crippen LogP contribution is 2.30. The number of hydrogen-bond acceptors (Lipinski definition) is 3. The molecule has 0 unspecified atom stereocenters. The van der Waals surface area contributed by atoms with Gasteiger partial charge in [-0.1, -0.05) is 6.07 Å². The van der Waals surface area contributed by atoms with Crippen LogP contribution in [0.15, 0.2) is 27.5 Å². The van der Waals surface area contributed by atoms with Gasteiger partial charge in [-0.3, -0.25) is 9.59 Å². The minimum atomic E-state index is -0.610. The van der Waals surface area contributed by atoms with Crippen LogP contribution < -0.4 is 10.9 Å². The number of fused-ring (bicyclic) bond motifs is 1. The van der Waals surface area contributed by atoms with E-state index in [0.29, 0.717) is 17.7 Å². The third kappa shape index (κ3) is 3.03. The van der Waals surface area contributed by atoms with E-state index in [1.54, 1.807) is 6.07 Å². The number of aryl methyl sites for hydroxylation is 2. The third-order valence-corrected chi connectivity index (χ3v) is 4.74. The van der Waals surface area contributed by atoms with E-state index in [1.165, 1.54) is 0 Å². The average molecular weight is 377 g/mol. The Labute approximate surface area is 141 Å². The maximum Gasteiger partial charge on any atom is 0.265 e. The monoisotopic (exact) mass is 376 g/mol. The minimum Gasteiger partial charge on any atom is -0.507 e. The number of nitrogens with one attached hydrogen (secondary N) is 2. The summed E-state index contributed by atoms with van der Waals surface area (Å²) in [5.74, 6) is -0.800. The van der Waals surface area contributed by atoms with E-state index in [1.807, 2.05) is 19.1 Å². The summed E-state index contributed by atoms with van der Waals surface area (Å²) in [6.07, 6.45) is 3.32. The van der Waals surface area contributed by atoms with Gasteiger partial charge in [0.2, 0.25) is 0 Å². The number of anilines is 1. The molecule has 5 nitrogen and oxygen atoms in total. The molecule has 0 bridgehead atoms. The Morgan fingerprint density at radius 2 is 2.04 bits per heavy atom. The number of hydrogen-bond donors (Lipinski definition) is 3. The van der Waals surface area contributed by atoms with Crippen LogP contribution in [0.25, 0.3) is 0 Å². The molecule has 3 N–H and O–H groups in total. The van der Waals surface area contributed by atoms with Crippen LogP contribution in [0.4, 0.5) is 5.69 Å². The second-order valence-electron chi connectivity index (χ2n) is 5.78. The van der Waals surface area contributed by atoms with Crippen LogP contribution in [0.5, 0.6) is 5.75 Å². The first-order valence-corrected chi connectivity index (χ1v) is 8.31. The van der Waals surface area contributed by atoms with Gasteiger partial charge in [-0.25, -0.2) is 0 Å². The number of halogens is 1. The highest BCUT2D eigenvalue weighted by Gasteiger charge is 2.24. The Hall–Kier alpha value is -2.08. The topological polar surface area (TPSA) is 82.2 Å². The Morgan fingerprint density at radius 1 is 1.30 bits per heavy atom. The predicted octanol–water partition coefficient (Wildman–Crippen LogP) is 3.28. The fraction of sp³-hybridized carbons (Fsp3) is 0.294. The molecule has 120 valence electrons. The fourth-order valence-corrected chi connectivity index (χ4v) is 3.47. The van der Waals surface area contributed by atoms with Gasteiger partial charge in [0, 0.05) is 15.7 Å². The van der Waals surface area contributed by atoms with Crippen LogP contribution in [0.1, 0.15) is 40.0 Å². The van der Waals surface area contributed by atoms with Crippen molar-refractivity contribution in [3.63, 3.8) is 0 Å². The summed E-state index contributed by atoms with van der Waals surface area (Å²) in [5.41, 5.74) is 2.25. The van der Waals surface area contributed by atoms with Crippen LogP contribution in [0.3, 0.4) is 0 Å². The molecule has 0 fully saturated rings. The van der Waals surface area contributed by atoms with Crippen molar-refractivity contribution in [1.29, 1.82) is 0 Å². The summed E-state index contributed by atoms with van der Waals surface area (Å²) in [7, 11) is 0. The number of amides is 1. The molecular formula is C17H17BrN2O3. The summed E-state index contributed by atoms with van der Waals surface area (Å²) in [4.78, 5) is 27.4. The second kappa shape index (κ2) is 6.20. The lowest BCUT2D eigenvalue weighted by Crippen LogP contribution is -2.26. The SMILES string of the molecule is Cc1ccc(NC(=O)c2c(O)c3c([nH]c2=O)CCCC3)c(Br)c1. The summed E-state index contributed by atoms with van der Waals surface area (Å²) in [6, 6.07) is 5.48. The Morgan fingerprint density at radius 3 is 2.78 bits per heavy atom. The first-order chi connectivity index (χ1) is 11.0. The number of aromatic hydroxyl groups is 1. The molecule has 1 aliphatic rings. The van der Waals surface area contributed by atoms with Crippen molar-refractivity contribution in [2.24, 2.45) is 0 Å². The van der Waals surface area contributed by atoms with Gasteiger partial charge in [0.05, 0.1) is 5.69 Å². The third-order valence-electron chi connectivity index (χ3n) is 4.08. The smallest absolute Gasteiger partial charge is 0.265 e. The molecule has 1 aliphatic carbocycles. The average Bonchev–Trinajstić information content (AvgIpc) is 2.50. The molecule has 1 amide bonds. The summed E-state index contributed by atoms with van der Waals surface area (Å²) < 4.78 is 0.722. The lowest BCUT2D eigenvalue weighted by atomic mass is 9.93. The van der Waals surface area contributed by atoms with E-state index in [0.717, 1.165) is 35.0 Å². The van der Waals surface area contributed by atoms with E-state index in [4.69, 9.17) is 0 Å². The van der Waals surface area contributed by atoms with Gasteiger partial charge in [-0.2, -0.15) is 0 Å². The summed E-state index contributed by atoms with van der Waals surface area (Å²) >= 11 is 3.38. The van der Waals surface area contributed by atoms with Crippen LogP contribution in [0.2, 0.25) is 0 Å². The molecule has 23 heavy (non-hydrogen) atoms. The molecular weight excluding hydrogens is 360 g/mol. The second-order valence-corrected chi connectivity index (χ2v) is 6.63. The zero-order valence-electron chi connectivity index (χ0n) is 12.7. The molecule has 3 rings (SSSR count). The van der Waals surface area contributed by atoms with Crippen LogP contribution >= 0.6 is 15.9 Å². The van der Waals surface area contributed by atoms with E-state index in [2.05, 4.69) is 26.2 Å². The molecule has 0 aliphatic heterocycles. The van der Waals surface area contributed by atoms with Gasteiger partial charge in [-0.05, 0) is 66.2 Å². The molecule has 0 spiro atoms. The number of pyridine rings is 1. The number of H-pyrrole nitrogens is 1. The first kappa shape index (κ1) is 15.8. The van der Waals surface area contributed by atoms with Gasteiger partial charge >= 0.3 is 0 Å². The van der Waals surface area contributed by atoms with Gasteiger partial charge in [0.25, 0.3) is 11.5 Å². The highest BCUT2D eigenvalue weighted by molar-refractivity contribution is 9.10. The van der Waals surface area contributed by atoms with Crippen molar-refractivity contribution in [2.75, 3.05) is 5.32 Å². The zero-order valence-corrected chi connectivity index (χ0v) is 14.3. The number of carbonyl (C=O) groups is 1. The minimum absolute atomic E-state index is 0.191. The fourth-order valence-electron chi connectivity index (χ4n) is 2.88.